The van der Waals surface area contributed by atoms with Crippen LogP contribution in [0.2, 0.25) is 5.02 Å². The van der Waals surface area contributed by atoms with Gasteiger partial charge in [0.25, 0.3) is 0 Å². The molecule has 1 aliphatic carbocycles. The highest BCUT2D eigenvalue weighted by atomic mass is 35.5. The second kappa shape index (κ2) is 9.63. The molecular weight excluding hydrogens is 436 g/mol. The van der Waals surface area contributed by atoms with E-state index in [0.29, 0.717) is 37.0 Å². The molecule has 1 amide bonds. The van der Waals surface area contributed by atoms with Gasteiger partial charge in [0.15, 0.2) is 0 Å². The predicted octanol–water partition coefficient (Wildman–Crippen LogP) is 5.47. The molecule has 0 radical (unpaired) electrons. The summed E-state index contributed by atoms with van der Waals surface area (Å²) >= 11 is 6.26. The summed E-state index contributed by atoms with van der Waals surface area (Å²) in [6.07, 6.45) is 4.20. The van der Waals surface area contributed by atoms with Crippen LogP contribution in [-0.4, -0.2) is 22.4 Å². The third kappa shape index (κ3) is 5.34. The van der Waals surface area contributed by atoms with Crippen molar-refractivity contribution in [2.24, 2.45) is 0 Å². The number of anilines is 1. The van der Waals surface area contributed by atoms with Gasteiger partial charge in [0.1, 0.15) is 17.4 Å². The van der Waals surface area contributed by atoms with Crippen LogP contribution in [0.4, 0.5) is 5.82 Å². The lowest BCUT2D eigenvalue weighted by Gasteiger charge is -2.24. The van der Waals surface area contributed by atoms with Gasteiger partial charge < -0.3 is 14.6 Å². The first-order valence-electron chi connectivity index (χ1n) is 11.2. The number of carbonyl (C=O) groups excluding carboxylic acids is 1. The van der Waals surface area contributed by atoms with E-state index in [1.54, 1.807) is 6.26 Å². The Morgan fingerprint density at radius 2 is 1.94 bits per heavy atom. The number of benzene rings is 2. The molecule has 0 unspecified atom stereocenters. The number of rotatable bonds is 9. The van der Waals surface area contributed by atoms with E-state index in [-0.39, 0.29) is 5.91 Å². The van der Waals surface area contributed by atoms with Gasteiger partial charge in [0.2, 0.25) is 5.91 Å². The summed E-state index contributed by atoms with van der Waals surface area (Å²) in [4.78, 5) is 24.5. The molecule has 7 heteroatoms. The molecular formula is C26H25ClN4O2. The lowest BCUT2D eigenvalue weighted by Crippen LogP contribution is -2.31. The zero-order valence-corrected chi connectivity index (χ0v) is 19.0. The second-order valence-corrected chi connectivity index (χ2v) is 8.79. The number of aromatic nitrogens is 2. The molecule has 1 N–H and O–H groups in total. The van der Waals surface area contributed by atoms with Gasteiger partial charge in [0.05, 0.1) is 18.3 Å². The van der Waals surface area contributed by atoms with Gasteiger partial charge in [-0.05, 0) is 48.7 Å². The number of hydrogen-bond acceptors (Lipinski definition) is 5. The summed E-state index contributed by atoms with van der Waals surface area (Å²) in [5, 5.41) is 4.57. The van der Waals surface area contributed by atoms with Gasteiger partial charge in [-0.3, -0.25) is 4.79 Å². The van der Waals surface area contributed by atoms with Crippen molar-refractivity contribution >= 4 is 34.2 Å². The van der Waals surface area contributed by atoms with Gasteiger partial charge in [-0.1, -0.05) is 41.9 Å². The van der Waals surface area contributed by atoms with Gasteiger partial charge >= 0.3 is 0 Å². The molecule has 4 aromatic rings. The standard InChI is InChI=1S/C26H25ClN4O2/c27-20-10-11-22-23(15-20)29-25(19-8-9-19)30-26(22)31(17-21-7-4-14-33-21)13-12-24(32)28-16-18-5-2-1-3-6-18/h1-7,10-11,14-15,19H,8-9,12-13,16-17H2,(H,28,32). The van der Waals surface area contributed by atoms with Gasteiger partial charge in [-0.25, -0.2) is 9.97 Å². The third-order valence-corrected chi connectivity index (χ3v) is 6.00. The maximum Gasteiger partial charge on any atom is 0.222 e. The Morgan fingerprint density at radius 3 is 2.70 bits per heavy atom. The Bertz CT molecular complexity index is 1240. The average Bonchev–Trinajstić information content (AvgIpc) is 3.56. The molecule has 0 aliphatic heterocycles. The molecule has 1 fully saturated rings. The first kappa shape index (κ1) is 21.5. The number of nitrogens with one attached hydrogen (secondary N) is 1. The monoisotopic (exact) mass is 460 g/mol. The minimum atomic E-state index is -0.00730. The van der Waals surface area contributed by atoms with Crippen LogP contribution < -0.4 is 10.2 Å². The van der Waals surface area contributed by atoms with Crippen LogP contribution in [0.15, 0.2) is 71.3 Å². The highest BCUT2D eigenvalue weighted by Crippen LogP contribution is 2.40. The van der Waals surface area contributed by atoms with Crippen LogP contribution in [0.1, 0.15) is 42.3 Å². The summed E-state index contributed by atoms with van der Waals surface area (Å²) < 4.78 is 5.61. The van der Waals surface area contributed by atoms with Crippen LogP contribution in [0.5, 0.6) is 0 Å². The normalized spacial score (nSPS) is 13.2. The summed E-state index contributed by atoms with van der Waals surface area (Å²) in [6, 6.07) is 19.4. The fourth-order valence-corrected chi connectivity index (χ4v) is 4.01. The van der Waals surface area contributed by atoms with E-state index in [1.807, 2.05) is 60.7 Å². The van der Waals surface area contributed by atoms with Crippen molar-refractivity contribution in [2.45, 2.75) is 38.3 Å². The van der Waals surface area contributed by atoms with Crippen molar-refractivity contribution in [3.8, 4) is 0 Å². The highest BCUT2D eigenvalue weighted by Gasteiger charge is 2.28. The Morgan fingerprint density at radius 1 is 1.09 bits per heavy atom. The van der Waals surface area contributed by atoms with Gasteiger partial charge in [-0.15, -0.1) is 0 Å². The molecule has 1 saturated carbocycles. The van der Waals surface area contributed by atoms with Crippen molar-refractivity contribution in [1.29, 1.82) is 0 Å². The zero-order chi connectivity index (χ0) is 22.6. The number of nitrogens with zero attached hydrogens (tertiary/aromatic N) is 3. The SMILES string of the molecule is O=C(CCN(Cc1ccco1)c1nc(C2CC2)nc2cc(Cl)ccc12)NCc1ccccc1. The lowest BCUT2D eigenvalue weighted by molar-refractivity contribution is -0.121. The molecule has 0 saturated heterocycles. The number of carbonyl (C=O) groups is 1. The molecule has 0 atom stereocenters. The number of halogens is 1. The molecule has 0 spiro atoms. The number of fused-ring (bicyclic) bond motifs is 1. The van der Waals surface area contributed by atoms with E-state index < -0.39 is 0 Å². The topological polar surface area (TPSA) is 71.3 Å². The molecule has 0 bridgehead atoms. The number of hydrogen-bond donors (Lipinski definition) is 1. The van der Waals surface area contributed by atoms with Gasteiger partial charge in [-0.2, -0.15) is 0 Å². The maximum atomic E-state index is 12.6. The predicted molar refractivity (Wildman–Crippen MR) is 129 cm³/mol. The van der Waals surface area contributed by atoms with Crippen LogP contribution in [0.3, 0.4) is 0 Å². The van der Waals surface area contributed by atoms with Crippen molar-refractivity contribution in [3.63, 3.8) is 0 Å². The van der Waals surface area contributed by atoms with E-state index in [1.165, 1.54) is 0 Å². The Balaban J connectivity index is 1.39. The van der Waals surface area contributed by atoms with Crippen LogP contribution >= 0.6 is 11.6 Å². The minimum Gasteiger partial charge on any atom is -0.467 e. The molecule has 5 rings (SSSR count). The summed E-state index contributed by atoms with van der Waals surface area (Å²) in [5.41, 5.74) is 1.90. The maximum absolute atomic E-state index is 12.6. The molecule has 2 heterocycles. The highest BCUT2D eigenvalue weighted by molar-refractivity contribution is 6.31. The van der Waals surface area contributed by atoms with E-state index in [0.717, 1.165) is 46.7 Å². The van der Waals surface area contributed by atoms with E-state index in [4.69, 9.17) is 26.0 Å². The second-order valence-electron chi connectivity index (χ2n) is 8.35. The van der Waals surface area contributed by atoms with Crippen LogP contribution in [0, 0.1) is 0 Å². The van der Waals surface area contributed by atoms with Crippen molar-refractivity contribution in [2.75, 3.05) is 11.4 Å². The molecule has 33 heavy (non-hydrogen) atoms. The minimum absolute atomic E-state index is 0.00730. The zero-order valence-electron chi connectivity index (χ0n) is 18.2. The largest absolute Gasteiger partial charge is 0.467 e. The lowest BCUT2D eigenvalue weighted by atomic mass is 10.2. The molecule has 168 valence electrons. The van der Waals surface area contributed by atoms with Crippen LogP contribution in [0.25, 0.3) is 10.9 Å². The smallest absolute Gasteiger partial charge is 0.222 e. The molecule has 2 aromatic carbocycles. The Hall–Kier alpha value is -3.38. The molecule has 1 aliphatic rings. The average molecular weight is 461 g/mol. The van der Waals surface area contributed by atoms with E-state index in [9.17, 15) is 4.79 Å². The van der Waals surface area contributed by atoms with Crippen LogP contribution in [-0.2, 0) is 17.9 Å². The summed E-state index contributed by atoms with van der Waals surface area (Å²) in [6.45, 7) is 1.52. The van der Waals surface area contributed by atoms with E-state index in [2.05, 4.69) is 10.2 Å². The van der Waals surface area contributed by atoms with Crippen molar-refractivity contribution < 1.29 is 9.21 Å². The Labute approximate surface area is 197 Å². The summed E-state index contributed by atoms with van der Waals surface area (Å²) in [5.74, 6) is 2.86. The fraction of sp³-hybridized carbons (Fsp3) is 0.269. The molecule has 6 nitrogen and oxygen atoms in total. The molecule has 2 aromatic heterocycles. The third-order valence-electron chi connectivity index (χ3n) is 5.77. The number of furan rings is 1. The summed E-state index contributed by atoms with van der Waals surface area (Å²) in [7, 11) is 0. The van der Waals surface area contributed by atoms with Crippen molar-refractivity contribution in [3.05, 3.63) is 89.1 Å². The first-order valence-corrected chi connectivity index (χ1v) is 11.6. The van der Waals surface area contributed by atoms with Crippen molar-refractivity contribution in [1.82, 2.24) is 15.3 Å². The number of amides is 1. The quantitative estimate of drug-likeness (QED) is 0.358. The fourth-order valence-electron chi connectivity index (χ4n) is 3.84. The van der Waals surface area contributed by atoms with E-state index >= 15 is 0 Å². The first-order chi connectivity index (χ1) is 16.2. The Kier molecular flexibility index (Phi) is 6.26. The van der Waals surface area contributed by atoms with Gasteiger partial charge in [0, 0.05) is 35.8 Å².